The molecule has 0 aromatic heterocycles. The summed E-state index contributed by atoms with van der Waals surface area (Å²) in [5.74, 6) is 0.634. The molecule has 0 N–H and O–H groups in total. The average molecular weight is 186 g/mol. The van der Waals surface area contributed by atoms with E-state index in [1.165, 1.54) is 51.9 Å². The summed E-state index contributed by atoms with van der Waals surface area (Å²) in [6.07, 6.45) is 5.61. The summed E-state index contributed by atoms with van der Waals surface area (Å²) < 4.78 is 0. The van der Waals surface area contributed by atoms with Crippen LogP contribution in [0.25, 0.3) is 0 Å². The largest absolute Gasteiger partial charge is 0.285 e. The van der Waals surface area contributed by atoms with Crippen LogP contribution in [-0.2, 0) is 0 Å². The fraction of sp³-hybridized carbons (Fsp3) is 1.00. The lowest BCUT2D eigenvalue weighted by Crippen LogP contribution is -2.41. The Kier molecular flexibility index (Phi) is 3.00. The van der Waals surface area contributed by atoms with Gasteiger partial charge in [-0.3, -0.25) is 9.80 Å². The third-order valence-corrected chi connectivity index (χ3v) is 3.87. The third-order valence-electron chi connectivity index (χ3n) is 3.03. The maximum atomic E-state index is 3.00. The van der Waals surface area contributed by atoms with Gasteiger partial charge in [0.1, 0.15) is 0 Å². The Labute approximate surface area is 77.5 Å². The molecule has 2 rings (SSSR count). The van der Waals surface area contributed by atoms with E-state index in [1.807, 2.05) is 0 Å². The van der Waals surface area contributed by atoms with Crippen LogP contribution in [0.4, 0.5) is 0 Å². The molecule has 0 spiro atoms. The van der Waals surface area contributed by atoms with Crippen molar-refractivity contribution in [3.63, 3.8) is 0 Å². The molecule has 2 saturated heterocycles. The Morgan fingerprint density at radius 2 is 1.08 bits per heavy atom. The van der Waals surface area contributed by atoms with Crippen molar-refractivity contribution in [2.45, 2.75) is 31.6 Å². The van der Waals surface area contributed by atoms with Crippen molar-refractivity contribution >= 4 is 9.24 Å². The highest BCUT2D eigenvalue weighted by Gasteiger charge is 2.25. The first-order valence-corrected chi connectivity index (χ1v) is 5.78. The zero-order chi connectivity index (χ0) is 8.39. The van der Waals surface area contributed by atoms with E-state index in [9.17, 15) is 0 Å². The Bertz CT molecular complexity index is 123. The minimum absolute atomic E-state index is 0.634. The molecule has 70 valence electrons. The second kappa shape index (κ2) is 4.04. The Hall–Kier alpha value is 0.350. The quantitative estimate of drug-likeness (QED) is 0.600. The summed E-state index contributed by atoms with van der Waals surface area (Å²) in [6.45, 7) is 5.24. The van der Waals surface area contributed by atoms with Gasteiger partial charge in [-0.1, -0.05) is 0 Å². The van der Waals surface area contributed by atoms with Crippen molar-refractivity contribution in [2.24, 2.45) is 0 Å². The number of nitrogens with zero attached hydrogens (tertiary/aromatic N) is 2. The smallest absolute Gasteiger partial charge is 0.0764 e. The molecule has 1 unspecified atom stereocenters. The highest BCUT2D eigenvalue weighted by molar-refractivity contribution is 7.17. The second-order valence-electron chi connectivity index (χ2n) is 3.90. The van der Waals surface area contributed by atoms with Gasteiger partial charge in [0.05, 0.1) is 5.91 Å². The molecule has 1 atom stereocenters. The second-order valence-corrected chi connectivity index (χ2v) is 4.50. The SMILES string of the molecule is PC(N1CCCC1)N1CCCC1. The van der Waals surface area contributed by atoms with E-state index in [2.05, 4.69) is 19.0 Å². The van der Waals surface area contributed by atoms with Crippen molar-refractivity contribution in [1.29, 1.82) is 0 Å². The number of rotatable bonds is 2. The maximum Gasteiger partial charge on any atom is 0.0764 e. The molecule has 0 aromatic rings. The van der Waals surface area contributed by atoms with Crippen LogP contribution in [-0.4, -0.2) is 41.9 Å². The molecule has 0 aliphatic carbocycles. The van der Waals surface area contributed by atoms with Gasteiger partial charge >= 0.3 is 0 Å². The maximum absolute atomic E-state index is 3.00. The highest BCUT2D eigenvalue weighted by atomic mass is 31.0. The summed E-state index contributed by atoms with van der Waals surface area (Å²) in [5.41, 5.74) is 0. The molecule has 2 nitrogen and oxygen atoms in total. The van der Waals surface area contributed by atoms with Crippen LogP contribution in [0.3, 0.4) is 0 Å². The predicted octanol–water partition coefficient (Wildman–Crippen LogP) is 1.34. The third kappa shape index (κ3) is 1.81. The normalized spacial score (nSPS) is 27.5. The molecule has 0 saturated carbocycles. The first kappa shape index (κ1) is 8.93. The Balaban J connectivity index is 1.84. The van der Waals surface area contributed by atoms with Crippen LogP contribution in [0.2, 0.25) is 0 Å². The minimum atomic E-state index is 0.634. The Morgan fingerprint density at radius 1 is 0.750 bits per heavy atom. The molecule has 0 bridgehead atoms. The molecule has 2 aliphatic rings. The van der Waals surface area contributed by atoms with Gasteiger partial charge in [-0.25, -0.2) is 0 Å². The molecular formula is C9H19N2P. The summed E-state index contributed by atoms with van der Waals surface area (Å²) in [7, 11) is 3.00. The molecule has 0 aromatic carbocycles. The number of hydrogen-bond acceptors (Lipinski definition) is 2. The molecule has 0 amide bonds. The fourth-order valence-electron chi connectivity index (χ4n) is 2.24. The topological polar surface area (TPSA) is 6.48 Å². The van der Waals surface area contributed by atoms with Crippen molar-refractivity contribution in [1.82, 2.24) is 9.80 Å². The molecule has 3 heteroatoms. The molecule has 2 fully saturated rings. The first-order chi connectivity index (χ1) is 5.88. The zero-order valence-corrected chi connectivity index (χ0v) is 8.86. The molecule has 2 heterocycles. The van der Waals surface area contributed by atoms with Gasteiger partial charge in [0.25, 0.3) is 0 Å². The van der Waals surface area contributed by atoms with Gasteiger partial charge < -0.3 is 0 Å². The van der Waals surface area contributed by atoms with Crippen LogP contribution in [0.1, 0.15) is 25.7 Å². The summed E-state index contributed by atoms with van der Waals surface area (Å²) in [5, 5.41) is 0. The highest BCUT2D eigenvalue weighted by Crippen LogP contribution is 2.22. The zero-order valence-electron chi connectivity index (χ0n) is 7.71. The summed E-state index contributed by atoms with van der Waals surface area (Å²) >= 11 is 0. The van der Waals surface area contributed by atoms with Crippen molar-refractivity contribution in [3.8, 4) is 0 Å². The predicted molar refractivity (Wildman–Crippen MR) is 55.1 cm³/mol. The van der Waals surface area contributed by atoms with E-state index in [1.54, 1.807) is 0 Å². The van der Waals surface area contributed by atoms with E-state index in [0.29, 0.717) is 5.91 Å². The fourth-order valence-corrected chi connectivity index (χ4v) is 2.84. The van der Waals surface area contributed by atoms with E-state index >= 15 is 0 Å². The van der Waals surface area contributed by atoms with Crippen LogP contribution < -0.4 is 0 Å². The van der Waals surface area contributed by atoms with E-state index < -0.39 is 0 Å². The van der Waals surface area contributed by atoms with Gasteiger partial charge in [0, 0.05) is 0 Å². The van der Waals surface area contributed by atoms with Crippen LogP contribution in [0.15, 0.2) is 0 Å². The van der Waals surface area contributed by atoms with Crippen LogP contribution in [0, 0.1) is 0 Å². The Morgan fingerprint density at radius 3 is 1.42 bits per heavy atom. The lowest BCUT2D eigenvalue weighted by Gasteiger charge is -2.31. The van der Waals surface area contributed by atoms with Crippen molar-refractivity contribution in [2.75, 3.05) is 26.2 Å². The number of likely N-dealkylation sites (tertiary alicyclic amines) is 2. The first-order valence-electron chi connectivity index (χ1n) is 5.11. The van der Waals surface area contributed by atoms with Gasteiger partial charge in [-0.2, -0.15) is 0 Å². The van der Waals surface area contributed by atoms with Gasteiger partial charge in [-0.05, 0) is 51.9 Å². The van der Waals surface area contributed by atoms with Crippen molar-refractivity contribution < 1.29 is 0 Å². The average Bonchev–Trinajstić information content (AvgIpc) is 2.77. The number of hydrogen-bond donors (Lipinski definition) is 0. The molecule has 2 aliphatic heterocycles. The molecule has 0 radical (unpaired) electrons. The molecular weight excluding hydrogens is 167 g/mol. The van der Waals surface area contributed by atoms with Crippen molar-refractivity contribution in [3.05, 3.63) is 0 Å². The van der Waals surface area contributed by atoms with E-state index in [-0.39, 0.29) is 0 Å². The lowest BCUT2D eigenvalue weighted by molar-refractivity contribution is 0.151. The van der Waals surface area contributed by atoms with Gasteiger partial charge in [0.2, 0.25) is 0 Å². The van der Waals surface area contributed by atoms with E-state index in [0.717, 1.165) is 0 Å². The minimum Gasteiger partial charge on any atom is -0.285 e. The summed E-state index contributed by atoms with van der Waals surface area (Å²) in [6, 6.07) is 0. The van der Waals surface area contributed by atoms with Crippen LogP contribution in [0.5, 0.6) is 0 Å². The van der Waals surface area contributed by atoms with Gasteiger partial charge in [-0.15, -0.1) is 9.24 Å². The molecule has 12 heavy (non-hydrogen) atoms. The van der Waals surface area contributed by atoms with Crippen LogP contribution >= 0.6 is 9.24 Å². The monoisotopic (exact) mass is 186 g/mol. The standard InChI is InChI=1S/C9H19N2P/c12-9(10-5-1-2-6-10)11-7-3-4-8-11/h9H,1-8,12H2. The van der Waals surface area contributed by atoms with Gasteiger partial charge in [0.15, 0.2) is 0 Å². The summed E-state index contributed by atoms with van der Waals surface area (Å²) in [4.78, 5) is 5.19. The van der Waals surface area contributed by atoms with E-state index in [4.69, 9.17) is 0 Å². The lowest BCUT2D eigenvalue weighted by atomic mass is 10.4.